The van der Waals surface area contributed by atoms with Crippen LogP contribution in [0.1, 0.15) is 104 Å². The molecule has 3 aromatic heterocycles. The fourth-order valence-electron chi connectivity index (χ4n) is 8.70. The Hall–Kier alpha value is -6.46. The summed E-state index contributed by atoms with van der Waals surface area (Å²) in [7, 11) is 0. The summed E-state index contributed by atoms with van der Waals surface area (Å²) in [6.45, 7) is 25.1. The summed E-state index contributed by atoms with van der Waals surface area (Å²) in [4.78, 5) is 4.97. The lowest BCUT2D eigenvalue weighted by atomic mass is 9.78. The quantitative estimate of drug-likeness (QED) is 0.150. The third kappa shape index (κ3) is 7.48. The van der Waals surface area contributed by atoms with E-state index in [-0.39, 0.29) is 21.7 Å². The van der Waals surface area contributed by atoms with Gasteiger partial charge >= 0.3 is 0 Å². The van der Waals surface area contributed by atoms with Gasteiger partial charge in [-0.05, 0) is 117 Å². The average molecular weight is 816 g/mol. The summed E-state index contributed by atoms with van der Waals surface area (Å²) in [5.41, 5.74) is 12.8. The molecule has 0 N–H and O–H groups in total. The van der Waals surface area contributed by atoms with Gasteiger partial charge in [0.1, 0.15) is 28.7 Å². The molecule has 5 nitrogen and oxygen atoms in total. The second-order valence-electron chi connectivity index (χ2n) is 20.6. The highest BCUT2D eigenvalue weighted by atomic mass is 16.5. The van der Waals surface area contributed by atoms with Crippen molar-refractivity contribution < 1.29 is 9.30 Å². The van der Waals surface area contributed by atoms with E-state index in [2.05, 4.69) is 236 Å². The van der Waals surface area contributed by atoms with Gasteiger partial charge in [0.05, 0.1) is 11.0 Å². The van der Waals surface area contributed by atoms with Gasteiger partial charge in [0.15, 0.2) is 11.0 Å². The molecule has 0 amide bonds. The van der Waals surface area contributed by atoms with Crippen molar-refractivity contribution in [3.63, 3.8) is 0 Å². The van der Waals surface area contributed by atoms with E-state index in [4.69, 9.17) is 9.72 Å². The van der Waals surface area contributed by atoms with E-state index >= 15 is 0 Å². The first kappa shape index (κ1) is 40.9. The van der Waals surface area contributed by atoms with E-state index in [0.29, 0.717) is 0 Å². The van der Waals surface area contributed by atoms with E-state index in [1.54, 1.807) is 0 Å². The highest BCUT2D eigenvalue weighted by Gasteiger charge is 2.27. The zero-order chi connectivity index (χ0) is 43.8. The molecule has 0 radical (unpaired) electrons. The summed E-state index contributed by atoms with van der Waals surface area (Å²) >= 11 is 0. The maximum absolute atomic E-state index is 6.81. The molecule has 0 spiro atoms. The fraction of sp³-hybridized carbons (Fsp3) is 0.263. The number of ether oxygens (including phenoxy) is 1. The van der Waals surface area contributed by atoms with Gasteiger partial charge in [-0.1, -0.05) is 137 Å². The van der Waals surface area contributed by atoms with Gasteiger partial charge in [-0.2, -0.15) is 9.13 Å². The predicted octanol–water partition coefficient (Wildman–Crippen LogP) is 14.4. The molecule has 0 bridgehead atoms. The topological polar surface area (TPSA) is 35.9 Å². The summed E-state index contributed by atoms with van der Waals surface area (Å²) in [6.07, 6.45) is 4.15. The summed E-state index contributed by atoms with van der Waals surface area (Å²) < 4.78 is 13.7. The molecule has 0 aliphatic heterocycles. The summed E-state index contributed by atoms with van der Waals surface area (Å²) in [6, 6.07) is 52.6. The highest BCUT2D eigenvalue weighted by molar-refractivity contribution is 6.10. The van der Waals surface area contributed by atoms with E-state index in [9.17, 15) is 0 Å². The largest absolute Gasteiger partial charge is 0.457 e. The van der Waals surface area contributed by atoms with Crippen molar-refractivity contribution in [3.8, 4) is 28.7 Å². The van der Waals surface area contributed by atoms with Crippen LogP contribution in [0.2, 0.25) is 0 Å². The molecule has 0 unspecified atom stereocenters. The zero-order valence-corrected chi connectivity index (χ0v) is 38.2. The third-order valence-corrected chi connectivity index (χ3v) is 12.7. The normalized spacial score (nSPS) is 12.8. The maximum atomic E-state index is 6.81. The van der Waals surface area contributed by atoms with Crippen LogP contribution in [0, 0.1) is 0 Å². The second-order valence-corrected chi connectivity index (χ2v) is 20.6. The Bertz CT molecular complexity index is 3090. The van der Waals surface area contributed by atoms with Crippen LogP contribution in [0.5, 0.6) is 11.5 Å². The van der Waals surface area contributed by atoms with Gasteiger partial charge in [0.2, 0.25) is 0 Å². The van der Waals surface area contributed by atoms with Crippen LogP contribution in [0.4, 0.5) is 0 Å². The van der Waals surface area contributed by atoms with Crippen LogP contribution in [-0.4, -0.2) is 14.1 Å². The molecule has 312 valence electrons. The molecule has 9 aromatic rings. The van der Waals surface area contributed by atoms with Crippen molar-refractivity contribution >= 4 is 32.8 Å². The smallest absolute Gasteiger partial charge is 0.255 e. The lowest BCUT2D eigenvalue weighted by Crippen LogP contribution is -2.31. The maximum Gasteiger partial charge on any atom is 0.255 e. The van der Waals surface area contributed by atoms with Crippen LogP contribution in [-0.2, 0) is 21.7 Å². The lowest BCUT2D eigenvalue weighted by molar-refractivity contribution is -0.567. The van der Waals surface area contributed by atoms with Crippen molar-refractivity contribution in [1.82, 2.24) is 14.1 Å². The van der Waals surface area contributed by atoms with Gasteiger partial charge < -0.3 is 4.74 Å². The Labute approximate surface area is 367 Å². The van der Waals surface area contributed by atoms with Crippen LogP contribution in [0.15, 0.2) is 158 Å². The molecule has 3 heterocycles. The Morgan fingerprint density at radius 3 is 1.85 bits per heavy atom. The van der Waals surface area contributed by atoms with Crippen LogP contribution in [0.3, 0.4) is 0 Å². The zero-order valence-electron chi connectivity index (χ0n) is 38.2. The number of pyridine rings is 1. The van der Waals surface area contributed by atoms with Crippen LogP contribution < -0.4 is 9.30 Å². The van der Waals surface area contributed by atoms with E-state index in [1.165, 1.54) is 33.2 Å². The van der Waals surface area contributed by atoms with Gasteiger partial charge in [-0.25, -0.2) is 4.98 Å². The first-order valence-corrected chi connectivity index (χ1v) is 21.9. The molecular weight excluding hydrogens is 757 g/mol. The van der Waals surface area contributed by atoms with E-state index in [0.717, 1.165) is 56.1 Å². The number of hydrogen-bond acceptors (Lipinski definition) is 2. The fourth-order valence-corrected chi connectivity index (χ4v) is 8.70. The molecule has 0 saturated heterocycles. The van der Waals surface area contributed by atoms with Crippen molar-refractivity contribution in [2.24, 2.45) is 0 Å². The molecule has 9 rings (SSSR count). The molecule has 5 heteroatoms. The molecule has 0 aliphatic rings. The molecule has 0 saturated carbocycles. The Morgan fingerprint density at radius 2 is 1.15 bits per heavy atom. The van der Waals surface area contributed by atoms with Gasteiger partial charge in [-0.3, -0.25) is 4.57 Å². The number of para-hydroxylation sites is 2. The highest BCUT2D eigenvalue weighted by Crippen LogP contribution is 2.40. The minimum absolute atomic E-state index is 0.00713. The van der Waals surface area contributed by atoms with Gasteiger partial charge in [0.25, 0.3) is 6.33 Å². The van der Waals surface area contributed by atoms with Gasteiger partial charge in [-0.15, -0.1) is 0 Å². The number of fused-ring (bicyclic) bond motifs is 4. The summed E-state index contributed by atoms with van der Waals surface area (Å²) in [5.74, 6) is 2.41. The monoisotopic (exact) mass is 815 g/mol. The number of aromatic nitrogens is 4. The van der Waals surface area contributed by atoms with Crippen molar-refractivity contribution in [1.29, 1.82) is 0 Å². The minimum Gasteiger partial charge on any atom is -0.457 e. The summed E-state index contributed by atoms with van der Waals surface area (Å²) in [5, 5.41) is 2.34. The lowest BCUT2D eigenvalue weighted by Gasteiger charge is -2.26. The Morgan fingerprint density at radius 1 is 0.468 bits per heavy atom. The Kier molecular flexibility index (Phi) is 9.81. The molecule has 6 aromatic carbocycles. The number of nitrogens with zero attached hydrogens (tertiary/aromatic N) is 4. The number of imidazole rings is 1. The number of hydrogen-bond donors (Lipinski definition) is 0. The Balaban J connectivity index is 1.14. The van der Waals surface area contributed by atoms with Crippen LogP contribution >= 0.6 is 0 Å². The van der Waals surface area contributed by atoms with Crippen molar-refractivity contribution in [2.45, 2.75) is 97.8 Å². The SMILES string of the molecule is CC(C)(C)c1cc(-[n+]2cn(-c3cccc(Oc4ccc5c6cc(C(C)(C)c7ccccc7)ccc6n(-c6cc(C(C)(C)C)ccn6)c5c4)c3)c3ccccc32)cc(C(C)(C)C)c1. The molecule has 0 fully saturated rings. The molecule has 0 aliphatic carbocycles. The number of rotatable bonds is 7. The first-order chi connectivity index (χ1) is 29.4. The van der Waals surface area contributed by atoms with E-state index in [1.807, 2.05) is 12.3 Å². The predicted molar refractivity (Wildman–Crippen MR) is 258 cm³/mol. The average Bonchev–Trinajstić information content (AvgIpc) is 3.79. The van der Waals surface area contributed by atoms with Crippen molar-refractivity contribution in [2.75, 3.05) is 0 Å². The molecule has 0 atom stereocenters. The van der Waals surface area contributed by atoms with Crippen LogP contribution in [0.25, 0.3) is 50.0 Å². The first-order valence-electron chi connectivity index (χ1n) is 21.9. The third-order valence-electron chi connectivity index (χ3n) is 12.7. The van der Waals surface area contributed by atoms with Gasteiger partial charge in [0, 0.05) is 34.5 Å². The second kappa shape index (κ2) is 14.9. The van der Waals surface area contributed by atoms with E-state index < -0.39 is 0 Å². The van der Waals surface area contributed by atoms with Crippen molar-refractivity contribution in [3.05, 3.63) is 186 Å². The molecular formula is C57H59N4O+. The number of benzene rings is 6. The molecule has 62 heavy (non-hydrogen) atoms. The standard InChI is InChI=1S/C57H59N4O/c1-54(2,3)39-28-29-58-53(34-39)61-49-27-24-40(57(10,11)38-18-13-12-14-19-38)33-48(49)47-26-25-46(36-52(47)61)62-45-21-17-20-43(35-45)59-37-60(51-23-16-15-22-50(51)59)44-31-41(55(4,5)6)30-42(32-44)56(7,8)9/h12-37H,1-11H3/q+1. The minimum atomic E-state index is -0.182.